The highest BCUT2D eigenvalue weighted by Gasteiger charge is 2.15. The van der Waals surface area contributed by atoms with E-state index in [1.165, 1.54) is 5.56 Å². The van der Waals surface area contributed by atoms with Crippen molar-refractivity contribution in [2.45, 2.75) is 32.7 Å². The Morgan fingerprint density at radius 3 is 2.47 bits per heavy atom. The van der Waals surface area contributed by atoms with Gasteiger partial charge in [0.05, 0.1) is 0 Å². The standard InChI is InChI=1S/C14H22N2O/c1-12(2)16(11-10-15)14(17)9-8-13-6-4-3-5-7-13/h3-7,12H,8-11,15H2,1-2H3. The lowest BCUT2D eigenvalue weighted by atomic mass is 10.1. The van der Waals surface area contributed by atoms with E-state index in [0.717, 1.165) is 6.42 Å². The maximum absolute atomic E-state index is 12.0. The van der Waals surface area contributed by atoms with E-state index in [4.69, 9.17) is 5.73 Å². The van der Waals surface area contributed by atoms with E-state index in [2.05, 4.69) is 12.1 Å². The van der Waals surface area contributed by atoms with Crippen LogP contribution in [0.5, 0.6) is 0 Å². The number of rotatable bonds is 6. The molecule has 94 valence electrons. The molecule has 0 spiro atoms. The number of nitrogens with zero attached hydrogens (tertiary/aromatic N) is 1. The van der Waals surface area contributed by atoms with Crippen LogP contribution in [0.4, 0.5) is 0 Å². The minimum absolute atomic E-state index is 0.189. The van der Waals surface area contributed by atoms with Gasteiger partial charge in [-0.25, -0.2) is 0 Å². The molecule has 3 heteroatoms. The fourth-order valence-electron chi connectivity index (χ4n) is 1.85. The predicted octanol–water partition coefficient (Wildman–Crippen LogP) is 1.81. The Kier molecular flexibility index (Phi) is 5.70. The molecular formula is C14H22N2O. The van der Waals surface area contributed by atoms with Crippen molar-refractivity contribution < 1.29 is 4.79 Å². The Morgan fingerprint density at radius 1 is 1.29 bits per heavy atom. The summed E-state index contributed by atoms with van der Waals surface area (Å²) in [6.07, 6.45) is 1.36. The average molecular weight is 234 g/mol. The monoisotopic (exact) mass is 234 g/mol. The van der Waals surface area contributed by atoms with E-state index < -0.39 is 0 Å². The van der Waals surface area contributed by atoms with Crippen LogP contribution in [0.1, 0.15) is 25.8 Å². The fourth-order valence-corrected chi connectivity index (χ4v) is 1.85. The van der Waals surface area contributed by atoms with E-state index >= 15 is 0 Å². The van der Waals surface area contributed by atoms with Crippen LogP contribution < -0.4 is 5.73 Å². The second kappa shape index (κ2) is 7.07. The van der Waals surface area contributed by atoms with Gasteiger partial charge in [-0.05, 0) is 25.8 Å². The van der Waals surface area contributed by atoms with Gasteiger partial charge in [0.15, 0.2) is 0 Å². The van der Waals surface area contributed by atoms with Gasteiger partial charge in [0.1, 0.15) is 0 Å². The first-order chi connectivity index (χ1) is 8.15. The lowest BCUT2D eigenvalue weighted by molar-refractivity contribution is -0.132. The molecule has 1 aromatic carbocycles. The third-order valence-electron chi connectivity index (χ3n) is 2.78. The van der Waals surface area contributed by atoms with Crippen LogP contribution >= 0.6 is 0 Å². The molecule has 3 nitrogen and oxygen atoms in total. The van der Waals surface area contributed by atoms with Gasteiger partial charge in [-0.3, -0.25) is 4.79 Å². The Bertz CT molecular complexity index is 335. The molecule has 2 N–H and O–H groups in total. The third kappa shape index (κ3) is 4.57. The Labute approximate surface area is 104 Å². The van der Waals surface area contributed by atoms with Crippen LogP contribution in [0, 0.1) is 0 Å². The van der Waals surface area contributed by atoms with Crippen LogP contribution in [-0.4, -0.2) is 29.9 Å². The first-order valence-electron chi connectivity index (χ1n) is 6.18. The average Bonchev–Trinajstić information content (AvgIpc) is 2.34. The molecule has 0 atom stereocenters. The molecular weight excluding hydrogens is 212 g/mol. The molecule has 0 radical (unpaired) electrons. The molecule has 0 heterocycles. The maximum Gasteiger partial charge on any atom is 0.223 e. The van der Waals surface area contributed by atoms with Gasteiger partial charge in [-0.2, -0.15) is 0 Å². The van der Waals surface area contributed by atoms with Crippen molar-refractivity contribution in [2.24, 2.45) is 5.73 Å². The van der Waals surface area contributed by atoms with Crippen molar-refractivity contribution >= 4 is 5.91 Å². The highest BCUT2D eigenvalue weighted by atomic mass is 16.2. The Hall–Kier alpha value is -1.35. The van der Waals surface area contributed by atoms with Crippen molar-refractivity contribution in [1.82, 2.24) is 4.90 Å². The van der Waals surface area contributed by atoms with Gasteiger partial charge in [-0.15, -0.1) is 0 Å². The van der Waals surface area contributed by atoms with Crippen LogP contribution in [0.15, 0.2) is 30.3 Å². The second-order valence-corrected chi connectivity index (χ2v) is 4.46. The number of hydrogen-bond donors (Lipinski definition) is 1. The molecule has 0 aliphatic rings. The zero-order valence-corrected chi connectivity index (χ0v) is 10.7. The van der Waals surface area contributed by atoms with Crippen LogP contribution in [0.2, 0.25) is 0 Å². The maximum atomic E-state index is 12.0. The van der Waals surface area contributed by atoms with Crippen molar-refractivity contribution in [3.05, 3.63) is 35.9 Å². The quantitative estimate of drug-likeness (QED) is 0.816. The number of aryl methyl sites for hydroxylation is 1. The van der Waals surface area contributed by atoms with Crippen molar-refractivity contribution in [3.63, 3.8) is 0 Å². The van der Waals surface area contributed by atoms with Crippen molar-refractivity contribution in [1.29, 1.82) is 0 Å². The summed E-state index contributed by atoms with van der Waals surface area (Å²) in [6.45, 7) is 5.21. The molecule has 17 heavy (non-hydrogen) atoms. The van der Waals surface area contributed by atoms with Crippen LogP contribution in [0.3, 0.4) is 0 Å². The zero-order chi connectivity index (χ0) is 12.7. The molecule has 1 amide bonds. The summed E-state index contributed by atoms with van der Waals surface area (Å²) in [6, 6.07) is 10.3. The summed E-state index contributed by atoms with van der Waals surface area (Å²) < 4.78 is 0. The smallest absolute Gasteiger partial charge is 0.223 e. The summed E-state index contributed by atoms with van der Waals surface area (Å²) in [5, 5.41) is 0. The number of amides is 1. The molecule has 0 aromatic heterocycles. The summed E-state index contributed by atoms with van der Waals surface area (Å²) in [7, 11) is 0. The number of nitrogens with two attached hydrogens (primary N) is 1. The summed E-state index contributed by atoms with van der Waals surface area (Å²) in [5.41, 5.74) is 6.72. The van der Waals surface area contributed by atoms with Gasteiger partial charge in [0, 0.05) is 25.6 Å². The normalized spacial score (nSPS) is 10.6. The SMILES string of the molecule is CC(C)N(CCN)C(=O)CCc1ccccc1. The minimum Gasteiger partial charge on any atom is -0.339 e. The first kappa shape index (κ1) is 13.7. The van der Waals surface area contributed by atoms with E-state index in [-0.39, 0.29) is 11.9 Å². The summed E-state index contributed by atoms with van der Waals surface area (Å²) >= 11 is 0. The van der Waals surface area contributed by atoms with Crippen molar-refractivity contribution in [3.8, 4) is 0 Å². The molecule has 0 aliphatic heterocycles. The van der Waals surface area contributed by atoms with Crippen molar-refractivity contribution in [2.75, 3.05) is 13.1 Å². The topological polar surface area (TPSA) is 46.3 Å². The second-order valence-electron chi connectivity index (χ2n) is 4.46. The van der Waals surface area contributed by atoms with Gasteiger partial charge >= 0.3 is 0 Å². The molecule has 0 unspecified atom stereocenters. The van der Waals surface area contributed by atoms with Gasteiger partial charge in [0.25, 0.3) is 0 Å². The minimum atomic E-state index is 0.189. The van der Waals surface area contributed by atoms with E-state index in [9.17, 15) is 4.79 Å². The summed E-state index contributed by atoms with van der Waals surface area (Å²) in [5.74, 6) is 0.189. The van der Waals surface area contributed by atoms with E-state index in [1.807, 2.05) is 36.9 Å². The van der Waals surface area contributed by atoms with Crippen LogP contribution in [0.25, 0.3) is 0 Å². The van der Waals surface area contributed by atoms with Gasteiger partial charge < -0.3 is 10.6 Å². The molecule has 1 rings (SSSR count). The third-order valence-corrected chi connectivity index (χ3v) is 2.78. The van der Waals surface area contributed by atoms with E-state index in [1.54, 1.807) is 0 Å². The lowest BCUT2D eigenvalue weighted by Gasteiger charge is -2.26. The molecule has 0 saturated heterocycles. The van der Waals surface area contributed by atoms with Gasteiger partial charge in [-0.1, -0.05) is 30.3 Å². The molecule has 0 bridgehead atoms. The van der Waals surface area contributed by atoms with Crippen LogP contribution in [-0.2, 0) is 11.2 Å². The molecule has 1 aromatic rings. The fraction of sp³-hybridized carbons (Fsp3) is 0.500. The molecule has 0 saturated carbocycles. The number of hydrogen-bond acceptors (Lipinski definition) is 2. The number of carbonyl (C=O) groups is 1. The highest BCUT2D eigenvalue weighted by Crippen LogP contribution is 2.06. The Balaban J connectivity index is 2.47. The van der Waals surface area contributed by atoms with Gasteiger partial charge in [0.2, 0.25) is 5.91 Å². The lowest BCUT2D eigenvalue weighted by Crippen LogP contribution is -2.40. The van der Waals surface area contributed by atoms with E-state index in [0.29, 0.717) is 19.5 Å². The first-order valence-corrected chi connectivity index (χ1v) is 6.18. The molecule has 0 fully saturated rings. The molecule has 0 aliphatic carbocycles. The Morgan fingerprint density at radius 2 is 1.94 bits per heavy atom. The summed E-state index contributed by atoms with van der Waals surface area (Å²) in [4.78, 5) is 13.9. The largest absolute Gasteiger partial charge is 0.339 e. The predicted molar refractivity (Wildman–Crippen MR) is 70.7 cm³/mol. The zero-order valence-electron chi connectivity index (χ0n) is 10.7. The number of carbonyl (C=O) groups excluding carboxylic acids is 1. The number of benzene rings is 1. The highest BCUT2D eigenvalue weighted by molar-refractivity contribution is 5.76.